The molecule has 0 saturated carbocycles. The minimum Gasteiger partial charge on any atom is -0.444 e. The Bertz CT molecular complexity index is 1470. The van der Waals surface area contributed by atoms with E-state index in [2.05, 4.69) is 20.6 Å². The van der Waals surface area contributed by atoms with Gasteiger partial charge in [-0.2, -0.15) is 0 Å². The van der Waals surface area contributed by atoms with Gasteiger partial charge < -0.3 is 15.0 Å². The Labute approximate surface area is 243 Å². The van der Waals surface area contributed by atoms with Gasteiger partial charge in [0.1, 0.15) is 12.1 Å². The highest BCUT2D eigenvalue weighted by molar-refractivity contribution is 7.14. The summed E-state index contributed by atoms with van der Waals surface area (Å²) >= 11 is 1.29. The van der Waals surface area contributed by atoms with Crippen molar-refractivity contribution >= 4 is 40.1 Å². The van der Waals surface area contributed by atoms with E-state index in [1.54, 1.807) is 56.1 Å². The molecule has 0 fully saturated rings. The normalized spacial score (nSPS) is 11.8. The third-order valence-electron chi connectivity index (χ3n) is 6.02. The number of ether oxygens (including phenoxy) is 1. The molecule has 4 aromatic rings. The Morgan fingerprint density at radius 1 is 0.951 bits per heavy atom. The van der Waals surface area contributed by atoms with Gasteiger partial charge in [0, 0.05) is 28.5 Å². The fraction of sp³-hybridized carbons (Fsp3) is 0.258. The predicted molar refractivity (Wildman–Crippen MR) is 161 cm³/mol. The highest BCUT2D eigenvalue weighted by Crippen LogP contribution is 2.27. The van der Waals surface area contributed by atoms with Crippen LogP contribution < -0.4 is 10.6 Å². The van der Waals surface area contributed by atoms with E-state index in [4.69, 9.17) is 4.74 Å². The number of thiazole rings is 1. The number of rotatable bonds is 9. The Morgan fingerprint density at radius 2 is 1.66 bits per heavy atom. The van der Waals surface area contributed by atoms with Crippen molar-refractivity contribution < 1.29 is 19.1 Å². The van der Waals surface area contributed by atoms with Crippen molar-refractivity contribution in [2.75, 3.05) is 17.2 Å². The molecule has 2 aromatic carbocycles. The maximum Gasteiger partial charge on any atom is 0.413 e. The SMILES string of the molecule is C[C@H](c1ccccc1)N(CC(=O)Nc1ccc(-c2csc(NC(=O)OC(C)(C)C)n2)cc1)C(=O)Cc1ccccn1. The highest BCUT2D eigenvalue weighted by Gasteiger charge is 2.25. The molecule has 1 atom stereocenters. The largest absolute Gasteiger partial charge is 0.444 e. The number of carbonyl (C=O) groups excluding carboxylic acids is 3. The van der Waals surface area contributed by atoms with Crippen molar-refractivity contribution in [3.8, 4) is 11.3 Å². The number of amides is 3. The molecule has 0 aliphatic heterocycles. The quantitative estimate of drug-likeness (QED) is 0.243. The van der Waals surface area contributed by atoms with Gasteiger partial charge in [-0.1, -0.05) is 48.5 Å². The number of anilines is 2. The molecule has 0 unspecified atom stereocenters. The number of carbonyl (C=O) groups is 3. The van der Waals surface area contributed by atoms with Crippen LogP contribution in [0.5, 0.6) is 0 Å². The molecule has 0 radical (unpaired) electrons. The Balaban J connectivity index is 1.41. The zero-order chi connectivity index (χ0) is 29.4. The lowest BCUT2D eigenvalue weighted by Gasteiger charge is -2.29. The molecule has 0 aliphatic rings. The number of nitrogens with one attached hydrogen (secondary N) is 2. The standard InChI is InChI=1S/C31H33N5O4S/c1-21(22-10-6-5-7-11-22)36(28(38)18-25-12-8-9-17-32-25)19-27(37)33-24-15-13-23(14-16-24)26-20-41-29(34-26)35-30(39)40-31(2,3)4/h5-17,20-21H,18-19H2,1-4H3,(H,33,37)(H,34,35,39)/t21-/m1/s1. The van der Waals surface area contributed by atoms with E-state index in [0.29, 0.717) is 22.2 Å². The summed E-state index contributed by atoms with van der Waals surface area (Å²) in [5, 5.41) is 7.79. The summed E-state index contributed by atoms with van der Waals surface area (Å²) in [6.45, 7) is 7.17. The number of nitrogens with zero attached hydrogens (tertiary/aromatic N) is 3. The molecule has 2 N–H and O–H groups in total. The predicted octanol–water partition coefficient (Wildman–Crippen LogP) is 6.32. The summed E-state index contributed by atoms with van der Waals surface area (Å²) in [4.78, 5) is 48.7. The van der Waals surface area contributed by atoms with Gasteiger partial charge in [0.15, 0.2) is 5.13 Å². The van der Waals surface area contributed by atoms with Gasteiger partial charge in [0.25, 0.3) is 0 Å². The van der Waals surface area contributed by atoms with Crippen LogP contribution >= 0.6 is 11.3 Å². The summed E-state index contributed by atoms with van der Waals surface area (Å²) in [5.41, 5.74) is 3.06. The van der Waals surface area contributed by atoms with Crippen LogP contribution in [-0.2, 0) is 20.7 Å². The third kappa shape index (κ3) is 8.71. The summed E-state index contributed by atoms with van der Waals surface area (Å²) in [5.74, 6) is -0.503. The molecule has 212 valence electrons. The van der Waals surface area contributed by atoms with Crippen LogP contribution in [0, 0.1) is 0 Å². The fourth-order valence-corrected chi connectivity index (χ4v) is 4.75. The average molecular weight is 572 g/mol. The van der Waals surface area contributed by atoms with Gasteiger partial charge in [-0.25, -0.2) is 9.78 Å². The van der Waals surface area contributed by atoms with E-state index in [1.165, 1.54) is 11.3 Å². The van der Waals surface area contributed by atoms with Crippen molar-refractivity contribution in [3.63, 3.8) is 0 Å². The number of pyridine rings is 1. The van der Waals surface area contributed by atoms with Crippen LogP contribution in [0.15, 0.2) is 84.4 Å². The van der Waals surface area contributed by atoms with Crippen molar-refractivity contribution in [2.45, 2.75) is 45.8 Å². The second-order valence-corrected chi connectivity index (χ2v) is 11.3. The highest BCUT2D eigenvalue weighted by atomic mass is 32.1. The molecular weight excluding hydrogens is 538 g/mol. The number of benzene rings is 2. The Morgan fingerprint density at radius 3 is 2.32 bits per heavy atom. The maximum atomic E-state index is 13.3. The first-order valence-electron chi connectivity index (χ1n) is 13.2. The summed E-state index contributed by atoms with van der Waals surface area (Å²) < 4.78 is 5.27. The fourth-order valence-electron chi connectivity index (χ4n) is 4.05. The van der Waals surface area contributed by atoms with Crippen molar-refractivity contribution in [1.29, 1.82) is 0 Å². The zero-order valence-corrected chi connectivity index (χ0v) is 24.3. The van der Waals surface area contributed by atoms with E-state index in [9.17, 15) is 14.4 Å². The second-order valence-electron chi connectivity index (χ2n) is 10.4. The lowest BCUT2D eigenvalue weighted by molar-refractivity contribution is -0.136. The van der Waals surface area contributed by atoms with Crippen LogP contribution in [0.25, 0.3) is 11.3 Å². The van der Waals surface area contributed by atoms with E-state index < -0.39 is 11.7 Å². The van der Waals surface area contributed by atoms with Crippen molar-refractivity contribution in [3.05, 3.63) is 95.6 Å². The molecule has 2 aromatic heterocycles. The first-order valence-corrected chi connectivity index (χ1v) is 14.1. The molecule has 0 spiro atoms. The first kappa shape index (κ1) is 29.4. The molecule has 4 rings (SSSR count). The van der Waals surface area contributed by atoms with Crippen LogP contribution in [0.1, 0.15) is 45.0 Å². The van der Waals surface area contributed by atoms with Crippen LogP contribution in [-0.4, -0.2) is 44.9 Å². The molecular formula is C31H33N5O4S. The smallest absolute Gasteiger partial charge is 0.413 e. The van der Waals surface area contributed by atoms with E-state index in [1.807, 2.05) is 60.8 Å². The molecule has 10 heteroatoms. The van der Waals surface area contributed by atoms with Gasteiger partial charge in [-0.05, 0) is 57.5 Å². The lowest BCUT2D eigenvalue weighted by atomic mass is 10.1. The topological polar surface area (TPSA) is 114 Å². The Kier molecular flexibility index (Phi) is 9.46. The molecule has 0 bridgehead atoms. The van der Waals surface area contributed by atoms with Crippen molar-refractivity contribution in [2.24, 2.45) is 0 Å². The monoisotopic (exact) mass is 571 g/mol. The number of hydrogen-bond acceptors (Lipinski definition) is 7. The number of hydrogen-bond donors (Lipinski definition) is 2. The molecule has 41 heavy (non-hydrogen) atoms. The van der Waals surface area contributed by atoms with Gasteiger partial charge in [0.05, 0.1) is 18.2 Å². The van der Waals surface area contributed by atoms with Gasteiger partial charge in [-0.15, -0.1) is 11.3 Å². The molecule has 9 nitrogen and oxygen atoms in total. The molecule has 0 saturated heterocycles. The summed E-state index contributed by atoms with van der Waals surface area (Å²) in [6.07, 6.45) is 1.18. The van der Waals surface area contributed by atoms with Gasteiger partial charge >= 0.3 is 6.09 Å². The van der Waals surface area contributed by atoms with Crippen LogP contribution in [0.2, 0.25) is 0 Å². The third-order valence-corrected chi connectivity index (χ3v) is 6.78. The van der Waals surface area contributed by atoms with Gasteiger partial charge in [0.2, 0.25) is 11.8 Å². The number of aromatic nitrogens is 2. The summed E-state index contributed by atoms with van der Waals surface area (Å²) in [7, 11) is 0. The Hall–Kier alpha value is -4.57. The van der Waals surface area contributed by atoms with Gasteiger partial charge in [-0.3, -0.25) is 19.9 Å². The van der Waals surface area contributed by atoms with E-state index >= 15 is 0 Å². The second kappa shape index (κ2) is 13.2. The van der Waals surface area contributed by atoms with Crippen LogP contribution in [0.3, 0.4) is 0 Å². The zero-order valence-electron chi connectivity index (χ0n) is 23.5. The first-order chi connectivity index (χ1) is 19.6. The van der Waals surface area contributed by atoms with E-state index in [-0.39, 0.29) is 30.8 Å². The van der Waals surface area contributed by atoms with E-state index in [0.717, 1.165) is 11.1 Å². The molecule has 0 aliphatic carbocycles. The average Bonchev–Trinajstić information content (AvgIpc) is 3.40. The minimum atomic E-state index is -0.604. The van der Waals surface area contributed by atoms with Crippen LogP contribution in [0.4, 0.5) is 15.6 Å². The minimum absolute atomic E-state index is 0.0956. The molecule has 3 amide bonds. The molecule has 2 heterocycles. The summed E-state index contributed by atoms with van der Waals surface area (Å²) in [6, 6.07) is 21.9. The van der Waals surface area contributed by atoms with Crippen molar-refractivity contribution in [1.82, 2.24) is 14.9 Å². The lowest BCUT2D eigenvalue weighted by Crippen LogP contribution is -2.40. The maximum absolute atomic E-state index is 13.3.